The van der Waals surface area contributed by atoms with Gasteiger partial charge in [0.1, 0.15) is 0 Å². The monoisotopic (exact) mass is 433 g/mol. The van der Waals surface area contributed by atoms with Crippen LogP contribution in [0.25, 0.3) is 0 Å². The predicted octanol–water partition coefficient (Wildman–Crippen LogP) is 1.09. The molecule has 1 aliphatic heterocycles. The van der Waals surface area contributed by atoms with Crippen LogP contribution < -0.4 is 10.6 Å². The van der Waals surface area contributed by atoms with Crippen molar-refractivity contribution in [2.75, 3.05) is 37.6 Å². The lowest BCUT2D eigenvalue weighted by molar-refractivity contribution is 0.380. The van der Waals surface area contributed by atoms with E-state index in [1.54, 1.807) is 23.9 Å². The fraction of sp³-hybridized carbons (Fsp3) is 0.462. The molecule has 1 saturated heterocycles. The van der Waals surface area contributed by atoms with E-state index in [-0.39, 0.29) is 24.0 Å². The number of piperazine rings is 1. The highest BCUT2D eigenvalue weighted by atomic mass is 127. The van der Waals surface area contributed by atoms with Crippen molar-refractivity contribution in [3.05, 3.63) is 30.3 Å². The van der Waals surface area contributed by atoms with Crippen LogP contribution in [0.1, 0.15) is 0 Å². The first kappa shape index (κ1) is 17.0. The highest BCUT2D eigenvalue weighted by Gasteiger charge is 2.19. The van der Waals surface area contributed by atoms with Gasteiger partial charge in [0.05, 0.1) is 12.9 Å². The smallest absolute Gasteiger partial charge is 0.191 e. The Kier molecular flexibility index (Phi) is 6.43. The van der Waals surface area contributed by atoms with Gasteiger partial charge >= 0.3 is 0 Å². The van der Waals surface area contributed by atoms with Crippen molar-refractivity contribution in [1.82, 2.24) is 19.4 Å². The Balaban J connectivity index is 0.00000176. The van der Waals surface area contributed by atoms with Crippen molar-refractivity contribution >= 4 is 46.4 Å². The van der Waals surface area contributed by atoms with Gasteiger partial charge in [0.15, 0.2) is 11.1 Å². The van der Waals surface area contributed by atoms with Crippen LogP contribution in [-0.4, -0.2) is 58.1 Å². The number of guanidine groups is 1. The van der Waals surface area contributed by atoms with Gasteiger partial charge in [-0.25, -0.2) is 9.97 Å². The number of aliphatic imine (C=N–C) groups is 1. The normalized spacial score (nSPS) is 15.7. The van der Waals surface area contributed by atoms with E-state index in [1.165, 1.54) is 0 Å². The number of thiazole rings is 1. The van der Waals surface area contributed by atoms with Gasteiger partial charge in [-0.3, -0.25) is 4.99 Å². The van der Waals surface area contributed by atoms with Gasteiger partial charge in [-0.15, -0.1) is 35.3 Å². The van der Waals surface area contributed by atoms with Gasteiger partial charge in [0, 0.05) is 56.7 Å². The second-order valence-corrected chi connectivity index (χ2v) is 5.70. The van der Waals surface area contributed by atoms with E-state index >= 15 is 0 Å². The fourth-order valence-corrected chi connectivity index (χ4v) is 2.99. The Morgan fingerprint density at radius 2 is 2.09 bits per heavy atom. The minimum atomic E-state index is 0. The molecule has 1 fully saturated rings. The molecule has 1 aliphatic rings. The zero-order chi connectivity index (χ0) is 14.5. The molecule has 3 rings (SSSR count). The molecule has 0 bridgehead atoms. The van der Waals surface area contributed by atoms with E-state index in [1.807, 2.05) is 22.3 Å². The molecule has 0 saturated carbocycles. The number of nitrogens with two attached hydrogens (primary N) is 1. The summed E-state index contributed by atoms with van der Waals surface area (Å²) in [5.41, 5.74) is 6.07. The molecule has 2 aromatic heterocycles. The molecule has 0 atom stereocenters. The topological polar surface area (TPSA) is 75.6 Å². The zero-order valence-corrected chi connectivity index (χ0v) is 15.4. The summed E-state index contributed by atoms with van der Waals surface area (Å²) >= 11 is 1.68. The second kappa shape index (κ2) is 8.32. The number of hydrogen-bond donors (Lipinski definition) is 1. The Morgan fingerprint density at radius 3 is 2.73 bits per heavy atom. The predicted molar refractivity (Wildman–Crippen MR) is 100 cm³/mol. The van der Waals surface area contributed by atoms with Crippen LogP contribution in [0.2, 0.25) is 0 Å². The SMILES string of the molecule is I.NC(=NCCn1ccnc1)N1CCN(c2nccs2)CC1. The summed E-state index contributed by atoms with van der Waals surface area (Å²) < 4.78 is 2.00. The quantitative estimate of drug-likeness (QED) is 0.444. The van der Waals surface area contributed by atoms with Crippen molar-refractivity contribution < 1.29 is 0 Å². The molecule has 120 valence electrons. The van der Waals surface area contributed by atoms with Gasteiger partial charge in [-0.1, -0.05) is 0 Å². The van der Waals surface area contributed by atoms with E-state index in [4.69, 9.17) is 5.73 Å². The molecule has 0 amide bonds. The van der Waals surface area contributed by atoms with Gasteiger partial charge in [-0.2, -0.15) is 0 Å². The summed E-state index contributed by atoms with van der Waals surface area (Å²) in [5.74, 6) is 0.633. The molecule has 0 spiro atoms. The summed E-state index contributed by atoms with van der Waals surface area (Å²) in [6.45, 7) is 5.13. The van der Waals surface area contributed by atoms with E-state index in [0.29, 0.717) is 12.5 Å². The molecule has 2 aromatic rings. The van der Waals surface area contributed by atoms with Crippen molar-refractivity contribution in [2.45, 2.75) is 6.54 Å². The number of rotatable bonds is 4. The van der Waals surface area contributed by atoms with Crippen LogP contribution in [0.15, 0.2) is 35.3 Å². The lowest BCUT2D eigenvalue weighted by atomic mass is 10.3. The van der Waals surface area contributed by atoms with E-state index < -0.39 is 0 Å². The number of imidazole rings is 1. The standard InChI is InChI=1S/C13H19N7S.HI/c14-12(16-2-5-18-4-1-15-11-18)19-6-8-20(9-7-19)13-17-3-10-21-13;/h1,3-4,10-11H,2,5-9H2,(H2,14,16);1H. The van der Waals surface area contributed by atoms with Crippen molar-refractivity contribution in [1.29, 1.82) is 0 Å². The molecule has 0 radical (unpaired) electrons. The Morgan fingerprint density at radius 1 is 1.27 bits per heavy atom. The first-order valence-electron chi connectivity index (χ1n) is 6.98. The molecule has 3 heterocycles. The van der Waals surface area contributed by atoms with Crippen LogP contribution in [0, 0.1) is 0 Å². The zero-order valence-electron chi connectivity index (χ0n) is 12.2. The fourth-order valence-electron chi connectivity index (χ4n) is 2.30. The van der Waals surface area contributed by atoms with Crippen LogP contribution in [-0.2, 0) is 6.54 Å². The Bertz CT molecular complexity index is 561. The van der Waals surface area contributed by atoms with Crippen LogP contribution >= 0.6 is 35.3 Å². The maximum absolute atomic E-state index is 6.07. The molecule has 0 aromatic carbocycles. The number of halogens is 1. The average Bonchev–Trinajstić information content (AvgIpc) is 3.21. The van der Waals surface area contributed by atoms with Crippen molar-refractivity contribution in [2.24, 2.45) is 10.7 Å². The third kappa shape index (κ3) is 4.32. The average molecular weight is 433 g/mol. The molecular formula is C13H20IN7S. The lowest BCUT2D eigenvalue weighted by Gasteiger charge is -2.35. The van der Waals surface area contributed by atoms with Crippen LogP contribution in [0.5, 0.6) is 0 Å². The molecule has 9 heteroatoms. The molecule has 7 nitrogen and oxygen atoms in total. The maximum Gasteiger partial charge on any atom is 0.191 e. The van der Waals surface area contributed by atoms with E-state index in [9.17, 15) is 0 Å². The largest absolute Gasteiger partial charge is 0.370 e. The van der Waals surface area contributed by atoms with E-state index in [2.05, 4.69) is 24.8 Å². The Hall–Kier alpha value is -1.36. The first-order chi connectivity index (χ1) is 10.3. The highest BCUT2D eigenvalue weighted by Crippen LogP contribution is 2.18. The number of anilines is 1. The van der Waals surface area contributed by atoms with Gasteiger partial charge in [-0.05, 0) is 0 Å². The van der Waals surface area contributed by atoms with E-state index in [0.717, 1.165) is 37.9 Å². The third-order valence-electron chi connectivity index (χ3n) is 3.48. The number of aromatic nitrogens is 3. The molecule has 2 N–H and O–H groups in total. The summed E-state index contributed by atoms with van der Waals surface area (Å²) in [6, 6.07) is 0. The highest BCUT2D eigenvalue weighted by molar-refractivity contribution is 14.0. The molecular weight excluding hydrogens is 413 g/mol. The second-order valence-electron chi connectivity index (χ2n) is 4.83. The van der Waals surface area contributed by atoms with Crippen LogP contribution in [0.3, 0.4) is 0 Å². The maximum atomic E-state index is 6.07. The Labute approximate surface area is 150 Å². The van der Waals surface area contributed by atoms with Crippen molar-refractivity contribution in [3.8, 4) is 0 Å². The summed E-state index contributed by atoms with van der Waals surface area (Å²) in [6.07, 6.45) is 7.33. The summed E-state index contributed by atoms with van der Waals surface area (Å²) in [5, 5.41) is 3.10. The summed E-state index contributed by atoms with van der Waals surface area (Å²) in [4.78, 5) is 17.2. The lowest BCUT2D eigenvalue weighted by Crippen LogP contribution is -2.51. The third-order valence-corrected chi connectivity index (χ3v) is 4.32. The number of nitrogens with zero attached hydrogens (tertiary/aromatic N) is 6. The van der Waals surface area contributed by atoms with Crippen molar-refractivity contribution in [3.63, 3.8) is 0 Å². The summed E-state index contributed by atoms with van der Waals surface area (Å²) in [7, 11) is 0. The molecule has 22 heavy (non-hydrogen) atoms. The minimum Gasteiger partial charge on any atom is -0.370 e. The minimum absolute atomic E-state index is 0. The van der Waals surface area contributed by atoms with Crippen LogP contribution in [0.4, 0.5) is 5.13 Å². The van der Waals surface area contributed by atoms with Gasteiger partial charge in [0.2, 0.25) is 0 Å². The van der Waals surface area contributed by atoms with Gasteiger partial charge < -0.3 is 20.1 Å². The molecule has 0 aliphatic carbocycles. The van der Waals surface area contributed by atoms with Gasteiger partial charge in [0.25, 0.3) is 0 Å². The number of hydrogen-bond acceptors (Lipinski definition) is 5. The first-order valence-corrected chi connectivity index (χ1v) is 7.86. The molecule has 0 unspecified atom stereocenters.